The van der Waals surface area contributed by atoms with Gasteiger partial charge >= 0.3 is 6.18 Å². The molecule has 1 N–H and O–H groups in total. The first kappa shape index (κ1) is 26.7. The molecule has 0 aromatic heterocycles. The van der Waals surface area contributed by atoms with Gasteiger partial charge in [-0.3, -0.25) is 9.79 Å². The molecule has 2 aliphatic heterocycles. The van der Waals surface area contributed by atoms with Crippen molar-refractivity contribution in [2.45, 2.75) is 44.4 Å². The Labute approximate surface area is 204 Å². The molecule has 1 amide bonds. The van der Waals surface area contributed by atoms with E-state index in [9.17, 15) is 18.0 Å². The summed E-state index contributed by atoms with van der Waals surface area (Å²) in [5, 5.41) is 3.31. The van der Waals surface area contributed by atoms with Crippen molar-refractivity contribution < 1.29 is 22.7 Å². The van der Waals surface area contributed by atoms with Crippen LogP contribution in [0.15, 0.2) is 29.3 Å². The number of ether oxygens (including phenoxy) is 1. The van der Waals surface area contributed by atoms with Crippen LogP contribution in [0.2, 0.25) is 0 Å². The fraction of sp³-hybridized carbons (Fsp3) is 0.636. The number of carbonyl (C=O) groups excluding carboxylic acids is 1. The van der Waals surface area contributed by atoms with Crippen molar-refractivity contribution in [3.63, 3.8) is 0 Å². The molecule has 1 aromatic rings. The number of alkyl halides is 3. The molecule has 1 aromatic carbocycles. The van der Waals surface area contributed by atoms with E-state index in [0.29, 0.717) is 51.3 Å². The van der Waals surface area contributed by atoms with E-state index in [4.69, 9.17) is 4.74 Å². The molecule has 0 spiro atoms. The van der Waals surface area contributed by atoms with E-state index in [1.165, 1.54) is 12.1 Å². The Hall–Kier alpha value is -1.56. The molecule has 2 heterocycles. The molecule has 2 fully saturated rings. The first-order chi connectivity index (χ1) is 14.8. The Kier molecular flexibility index (Phi) is 10.1. The third kappa shape index (κ3) is 6.97. The van der Waals surface area contributed by atoms with Gasteiger partial charge in [-0.25, -0.2) is 0 Å². The van der Waals surface area contributed by atoms with E-state index in [2.05, 4.69) is 15.2 Å². The minimum Gasteiger partial charge on any atom is -0.368 e. The van der Waals surface area contributed by atoms with Gasteiger partial charge in [0.2, 0.25) is 0 Å². The van der Waals surface area contributed by atoms with Crippen LogP contribution >= 0.6 is 24.0 Å². The summed E-state index contributed by atoms with van der Waals surface area (Å²) in [4.78, 5) is 20.8. The summed E-state index contributed by atoms with van der Waals surface area (Å²) in [6.07, 6.45) is -2.21. The van der Waals surface area contributed by atoms with Crippen LogP contribution < -0.4 is 5.32 Å². The lowest BCUT2D eigenvalue weighted by Crippen LogP contribution is -2.55. The molecule has 180 valence electrons. The van der Waals surface area contributed by atoms with E-state index in [0.717, 1.165) is 24.9 Å². The maximum Gasteiger partial charge on any atom is 0.416 e. The number of rotatable bonds is 5. The van der Waals surface area contributed by atoms with E-state index in [1.807, 2.05) is 11.8 Å². The number of nitrogens with one attached hydrogen (secondary N) is 1. The Bertz CT molecular complexity index is 777. The number of guanidine groups is 1. The molecular formula is C22H32F3IN4O2. The predicted octanol–water partition coefficient (Wildman–Crippen LogP) is 3.72. The third-order valence-electron chi connectivity index (χ3n) is 5.95. The molecule has 32 heavy (non-hydrogen) atoms. The number of benzene rings is 1. The highest BCUT2D eigenvalue weighted by atomic mass is 127. The second-order valence-electron chi connectivity index (χ2n) is 8.10. The number of carbonyl (C=O) groups is 1. The minimum absolute atomic E-state index is 0. The maximum absolute atomic E-state index is 12.9. The maximum atomic E-state index is 12.9. The van der Waals surface area contributed by atoms with Crippen molar-refractivity contribution in [2.24, 2.45) is 4.99 Å². The number of nitrogens with zero attached hydrogens (tertiary/aromatic N) is 3. The molecule has 2 saturated heterocycles. The Balaban J connectivity index is 0.00000363. The Morgan fingerprint density at radius 3 is 2.53 bits per heavy atom. The lowest BCUT2D eigenvalue weighted by molar-refractivity contribution is -0.142. The fourth-order valence-corrected chi connectivity index (χ4v) is 4.04. The van der Waals surface area contributed by atoms with Gasteiger partial charge in [0, 0.05) is 46.4 Å². The van der Waals surface area contributed by atoms with Gasteiger partial charge in [-0.2, -0.15) is 13.2 Å². The highest BCUT2D eigenvalue weighted by Gasteiger charge is 2.32. The van der Waals surface area contributed by atoms with Crippen LogP contribution in [0.4, 0.5) is 13.2 Å². The zero-order valence-electron chi connectivity index (χ0n) is 18.5. The molecule has 10 heteroatoms. The van der Waals surface area contributed by atoms with Gasteiger partial charge in [-0.15, -0.1) is 24.0 Å². The van der Waals surface area contributed by atoms with Crippen LogP contribution in [-0.2, 0) is 15.7 Å². The van der Waals surface area contributed by atoms with Crippen LogP contribution in [-0.4, -0.2) is 74.1 Å². The van der Waals surface area contributed by atoms with Crippen molar-refractivity contribution in [2.75, 3.05) is 46.4 Å². The molecule has 3 rings (SSSR count). The van der Waals surface area contributed by atoms with Gasteiger partial charge < -0.3 is 19.9 Å². The molecule has 0 radical (unpaired) electrons. The van der Waals surface area contributed by atoms with E-state index >= 15 is 0 Å². The number of piperazine rings is 1. The summed E-state index contributed by atoms with van der Waals surface area (Å²) in [5.74, 6) is 0.809. The largest absolute Gasteiger partial charge is 0.416 e. The average molecular weight is 568 g/mol. The van der Waals surface area contributed by atoms with Crippen LogP contribution in [0.3, 0.4) is 0 Å². The highest BCUT2D eigenvalue weighted by Crippen LogP contribution is 2.31. The van der Waals surface area contributed by atoms with Crippen molar-refractivity contribution >= 4 is 35.8 Å². The van der Waals surface area contributed by atoms with E-state index < -0.39 is 11.7 Å². The van der Waals surface area contributed by atoms with E-state index in [-0.39, 0.29) is 41.9 Å². The Morgan fingerprint density at radius 1 is 1.25 bits per heavy atom. The zero-order valence-corrected chi connectivity index (χ0v) is 20.9. The summed E-state index contributed by atoms with van der Waals surface area (Å²) >= 11 is 0. The number of hydrogen-bond donors (Lipinski definition) is 1. The fourth-order valence-electron chi connectivity index (χ4n) is 4.04. The van der Waals surface area contributed by atoms with Crippen molar-refractivity contribution in [3.8, 4) is 0 Å². The van der Waals surface area contributed by atoms with Gasteiger partial charge in [0.05, 0.1) is 5.56 Å². The Morgan fingerprint density at radius 2 is 1.94 bits per heavy atom. The first-order valence-electron chi connectivity index (χ1n) is 10.8. The highest BCUT2D eigenvalue weighted by molar-refractivity contribution is 14.0. The molecule has 6 nitrogen and oxygen atoms in total. The standard InChI is InChI=1S/C22H31F3N4O2.HI/c1-16(17-5-3-6-18(15-17)22(23,24)25)8-9-27-21(26-2)29-12-10-28(11-13-29)20(30)19-7-4-14-31-19;/h3,5-6,15-16,19H,4,7-14H2,1-2H3,(H,26,27);1H. The average Bonchev–Trinajstić information content (AvgIpc) is 3.31. The number of hydrogen-bond acceptors (Lipinski definition) is 3. The summed E-state index contributed by atoms with van der Waals surface area (Å²) in [7, 11) is 1.71. The van der Waals surface area contributed by atoms with Crippen LogP contribution in [0, 0.1) is 0 Å². The lowest BCUT2D eigenvalue weighted by atomic mass is 9.96. The minimum atomic E-state index is -4.33. The molecule has 2 unspecified atom stereocenters. The van der Waals surface area contributed by atoms with Gasteiger partial charge in [-0.1, -0.05) is 25.1 Å². The molecule has 0 saturated carbocycles. The number of aliphatic imine (C=N–C) groups is 1. The smallest absolute Gasteiger partial charge is 0.368 e. The summed E-state index contributed by atoms with van der Waals surface area (Å²) in [6.45, 7) is 5.79. The molecule has 0 bridgehead atoms. The lowest BCUT2D eigenvalue weighted by Gasteiger charge is -2.37. The van der Waals surface area contributed by atoms with Crippen LogP contribution in [0.5, 0.6) is 0 Å². The second kappa shape index (κ2) is 12.1. The molecule has 2 atom stereocenters. The van der Waals surface area contributed by atoms with E-state index in [1.54, 1.807) is 13.1 Å². The van der Waals surface area contributed by atoms with Crippen molar-refractivity contribution in [3.05, 3.63) is 35.4 Å². The zero-order chi connectivity index (χ0) is 22.4. The van der Waals surface area contributed by atoms with Crippen LogP contribution in [0.1, 0.15) is 43.2 Å². The third-order valence-corrected chi connectivity index (χ3v) is 5.95. The quantitative estimate of drug-likeness (QED) is 0.335. The molecule has 2 aliphatic rings. The predicted molar refractivity (Wildman–Crippen MR) is 128 cm³/mol. The van der Waals surface area contributed by atoms with Gasteiger partial charge in [0.15, 0.2) is 5.96 Å². The normalized spacial score (nSPS) is 20.7. The SMILES string of the molecule is CN=C(NCCC(C)c1cccc(C(F)(F)F)c1)N1CCN(C(=O)C2CCCO2)CC1.I. The van der Waals surface area contributed by atoms with Gasteiger partial charge in [0.25, 0.3) is 5.91 Å². The summed E-state index contributed by atoms with van der Waals surface area (Å²) in [5.41, 5.74) is 0.0592. The van der Waals surface area contributed by atoms with Crippen LogP contribution in [0.25, 0.3) is 0 Å². The first-order valence-corrected chi connectivity index (χ1v) is 10.8. The van der Waals surface area contributed by atoms with Gasteiger partial charge in [0.1, 0.15) is 6.10 Å². The summed E-state index contributed by atoms with van der Waals surface area (Å²) < 4.78 is 44.3. The number of amides is 1. The van der Waals surface area contributed by atoms with Crippen molar-refractivity contribution in [1.82, 2.24) is 15.1 Å². The molecular weight excluding hydrogens is 536 g/mol. The summed E-state index contributed by atoms with van der Waals surface area (Å²) in [6, 6.07) is 5.51. The monoisotopic (exact) mass is 568 g/mol. The van der Waals surface area contributed by atoms with Crippen molar-refractivity contribution in [1.29, 1.82) is 0 Å². The molecule has 0 aliphatic carbocycles. The topological polar surface area (TPSA) is 57.2 Å². The number of halogens is 4. The van der Waals surface area contributed by atoms with Gasteiger partial charge in [-0.05, 0) is 36.8 Å². The second-order valence-corrected chi connectivity index (χ2v) is 8.10.